The van der Waals surface area contributed by atoms with Gasteiger partial charge in [-0.1, -0.05) is 48.5 Å². The fourth-order valence-electron chi connectivity index (χ4n) is 2.59. The molecule has 0 aromatic heterocycles. The molecule has 2 aromatic rings. The fourth-order valence-corrected chi connectivity index (χ4v) is 2.59. The molecule has 1 heterocycles. The van der Waals surface area contributed by atoms with Crippen molar-refractivity contribution in [2.45, 2.75) is 18.6 Å². The SMILES string of the molecule is O=C(NC1CCNC1)C(Oc1ccccc1)c1ccccc1. The van der Waals surface area contributed by atoms with Crippen molar-refractivity contribution in [1.82, 2.24) is 10.6 Å². The minimum absolute atomic E-state index is 0.0937. The van der Waals surface area contributed by atoms with E-state index < -0.39 is 6.10 Å². The number of ether oxygens (including phenoxy) is 1. The highest BCUT2D eigenvalue weighted by Crippen LogP contribution is 2.22. The molecule has 0 saturated carbocycles. The molecule has 1 amide bonds. The van der Waals surface area contributed by atoms with E-state index in [1.54, 1.807) is 0 Å². The Kier molecular flexibility index (Phi) is 4.71. The van der Waals surface area contributed by atoms with Crippen LogP contribution in [-0.4, -0.2) is 25.0 Å². The third-order valence-electron chi connectivity index (χ3n) is 3.74. The van der Waals surface area contributed by atoms with Gasteiger partial charge >= 0.3 is 0 Å². The van der Waals surface area contributed by atoms with E-state index in [2.05, 4.69) is 10.6 Å². The minimum atomic E-state index is -0.635. The average Bonchev–Trinajstić information content (AvgIpc) is 3.07. The zero-order valence-corrected chi connectivity index (χ0v) is 12.4. The molecule has 4 heteroatoms. The maximum Gasteiger partial charge on any atom is 0.266 e. The first kappa shape index (κ1) is 14.6. The summed E-state index contributed by atoms with van der Waals surface area (Å²) < 4.78 is 5.94. The van der Waals surface area contributed by atoms with E-state index in [0.29, 0.717) is 5.75 Å². The van der Waals surface area contributed by atoms with Crippen LogP contribution in [0.25, 0.3) is 0 Å². The Bertz CT molecular complexity index is 595. The Morgan fingerprint density at radius 2 is 1.77 bits per heavy atom. The molecule has 2 unspecified atom stereocenters. The quantitative estimate of drug-likeness (QED) is 0.890. The lowest BCUT2D eigenvalue weighted by molar-refractivity contribution is -0.128. The van der Waals surface area contributed by atoms with Crippen LogP contribution >= 0.6 is 0 Å². The molecule has 2 atom stereocenters. The van der Waals surface area contributed by atoms with Crippen LogP contribution in [-0.2, 0) is 4.79 Å². The van der Waals surface area contributed by atoms with Crippen molar-refractivity contribution in [3.8, 4) is 5.75 Å². The highest BCUT2D eigenvalue weighted by Gasteiger charge is 2.26. The molecule has 1 fully saturated rings. The van der Waals surface area contributed by atoms with Gasteiger partial charge in [-0.2, -0.15) is 0 Å². The van der Waals surface area contributed by atoms with Gasteiger partial charge in [0.1, 0.15) is 5.75 Å². The number of carbonyl (C=O) groups is 1. The van der Waals surface area contributed by atoms with Crippen LogP contribution in [0.1, 0.15) is 18.1 Å². The molecule has 4 nitrogen and oxygen atoms in total. The van der Waals surface area contributed by atoms with Crippen molar-refractivity contribution >= 4 is 5.91 Å². The summed E-state index contributed by atoms with van der Waals surface area (Å²) in [5.41, 5.74) is 0.856. The third-order valence-corrected chi connectivity index (χ3v) is 3.74. The van der Waals surface area contributed by atoms with Gasteiger partial charge in [0.05, 0.1) is 0 Å². The van der Waals surface area contributed by atoms with E-state index in [1.807, 2.05) is 60.7 Å². The number of hydrogen-bond acceptors (Lipinski definition) is 3. The zero-order valence-electron chi connectivity index (χ0n) is 12.4. The van der Waals surface area contributed by atoms with Crippen molar-refractivity contribution in [2.75, 3.05) is 13.1 Å². The second-order valence-corrected chi connectivity index (χ2v) is 5.42. The lowest BCUT2D eigenvalue weighted by Crippen LogP contribution is -2.40. The summed E-state index contributed by atoms with van der Waals surface area (Å²) in [5.74, 6) is 0.597. The summed E-state index contributed by atoms with van der Waals surface area (Å²) in [4.78, 5) is 12.6. The Hall–Kier alpha value is -2.33. The molecule has 2 N–H and O–H groups in total. The standard InChI is InChI=1S/C18H20N2O2/c21-18(20-15-11-12-19-13-15)17(14-7-3-1-4-8-14)22-16-9-5-2-6-10-16/h1-10,15,17,19H,11-13H2,(H,20,21). The molecule has 2 aromatic carbocycles. The van der Waals surface area contributed by atoms with E-state index in [-0.39, 0.29) is 11.9 Å². The predicted molar refractivity (Wildman–Crippen MR) is 85.7 cm³/mol. The largest absolute Gasteiger partial charge is 0.476 e. The molecule has 0 spiro atoms. The van der Waals surface area contributed by atoms with Gasteiger partial charge < -0.3 is 15.4 Å². The monoisotopic (exact) mass is 296 g/mol. The summed E-state index contributed by atoms with van der Waals surface area (Å²) in [6.07, 6.45) is 0.322. The van der Waals surface area contributed by atoms with Crippen molar-refractivity contribution in [3.63, 3.8) is 0 Å². The summed E-state index contributed by atoms with van der Waals surface area (Å²) in [5, 5.41) is 6.32. The summed E-state index contributed by atoms with van der Waals surface area (Å²) in [6, 6.07) is 19.2. The van der Waals surface area contributed by atoms with Crippen LogP contribution in [0.3, 0.4) is 0 Å². The molecule has 1 aliphatic heterocycles. The highest BCUT2D eigenvalue weighted by atomic mass is 16.5. The second kappa shape index (κ2) is 7.09. The molecule has 3 rings (SSSR count). The van der Waals surface area contributed by atoms with Crippen LogP contribution in [0.15, 0.2) is 60.7 Å². The Balaban J connectivity index is 1.77. The van der Waals surface area contributed by atoms with E-state index in [1.165, 1.54) is 0 Å². The van der Waals surface area contributed by atoms with Gasteiger partial charge in [-0.3, -0.25) is 4.79 Å². The van der Waals surface area contributed by atoms with Gasteiger partial charge in [-0.15, -0.1) is 0 Å². The Labute approximate surface area is 130 Å². The summed E-state index contributed by atoms with van der Waals surface area (Å²) >= 11 is 0. The van der Waals surface area contributed by atoms with E-state index in [0.717, 1.165) is 25.1 Å². The first-order valence-electron chi connectivity index (χ1n) is 7.60. The van der Waals surface area contributed by atoms with Crippen LogP contribution in [0.4, 0.5) is 0 Å². The normalized spacial score (nSPS) is 18.6. The van der Waals surface area contributed by atoms with Gasteiger partial charge in [0.2, 0.25) is 6.10 Å². The Morgan fingerprint density at radius 3 is 2.41 bits per heavy atom. The summed E-state index contributed by atoms with van der Waals surface area (Å²) in [6.45, 7) is 1.76. The maximum atomic E-state index is 12.6. The fraction of sp³-hybridized carbons (Fsp3) is 0.278. The third kappa shape index (κ3) is 3.65. The van der Waals surface area contributed by atoms with Crippen molar-refractivity contribution in [1.29, 1.82) is 0 Å². The van der Waals surface area contributed by atoms with Crippen molar-refractivity contribution < 1.29 is 9.53 Å². The van der Waals surface area contributed by atoms with Gasteiger partial charge in [-0.25, -0.2) is 0 Å². The molecule has 1 saturated heterocycles. The molecular formula is C18H20N2O2. The topological polar surface area (TPSA) is 50.4 Å². The zero-order chi connectivity index (χ0) is 15.2. The van der Waals surface area contributed by atoms with E-state index >= 15 is 0 Å². The highest BCUT2D eigenvalue weighted by molar-refractivity contribution is 5.83. The lowest BCUT2D eigenvalue weighted by atomic mass is 10.1. The van der Waals surface area contributed by atoms with Crippen molar-refractivity contribution in [3.05, 3.63) is 66.2 Å². The molecule has 0 bridgehead atoms. The minimum Gasteiger partial charge on any atom is -0.476 e. The Morgan fingerprint density at radius 1 is 1.09 bits per heavy atom. The van der Waals surface area contributed by atoms with Gasteiger partial charge in [0.25, 0.3) is 5.91 Å². The first-order chi connectivity index (χ1) is 10.8. The average molecular weight is 296 g/mol. The molecule has 0 radical (unpaired) electrons. The lowest BCUT2D eigenvalue weighted by Gasteiger charge is -2.21. The molecule has 0 aliphatic carbocycles. The first-order valence-corrected chi connectivity index (χ1v) is 7.60. The van der Waals surface area contributed by atoms with Crippen LogP contribution < -0.4 is 15.4 Å². The van der Waals surface area contributed by atoms with Gasteiger partial charge in [0, 0.05) is 18.2 Å². The number of para-hydroxylation sites is 1. The second-order valence-electron chi connectivity index (χ2n) is 5.42. The molecular weight excluding hydrogens is 276 g/mol. The maximum absolute atomic E-state index is 12.6. The van der Waals surface area contributed by atoms with E-state index in [9.17, 15) is 4.79 Å². The van der Waals surface area contributed by atoms with Crippen molar-refractivity contribution in [2.24, 2.45) is 0 Å². The predicted octanol–water partition coefficient (Wildman–Crippen LogP) is 2.28. The number of amides is 1. The van der Waals surface area contributed by atoms with Gasteiger partial charge in [0.15, 0.2) is 0 Å². The van der Waals surface area contributed by atoms with Crippen LogP contribution in [0.2, 0.25) is 0 Å². The summed E-state index contributed by atoms with van der Waals surface area (Å²) in [7, 11) is 0. The number of carbonyl (C=O) groups excluding carboxylic acids is 1. The number of hydrogen-bond donors (Lipinski definition) is 2. The number of nitrogens with one attached hydrogen (secondary N) is 2. The molecule has 22 heavy (non-hydrogen) atoms. The van der Waals surface area contributed by atoms with Gasteiger partial charge in [-0.05, 0) is 25.1 Å². The molecule has 1 aliphatic rings. The number of benzene rings is 2. The van der Waals surface area contributed by atoms with Crippen LogP contribution in [0.5, 0.6) is 5.75 Å². The number of rotatable bonds is 5. The molecule has 114 valence electrons. The van der Waals surface area contributed by atoms with Crippen LogP contribution in [0, 0.1) is 0 Å². The van der Waals surface area contributed by atoms with E-state index in [4.69, 9.17) is 4.74 Å². The smallest absolute Gasteiger partial charge is 0.266 e.